The van der Waals surface area contributed by atoms with Crippen molar-refractivity contribution in [2.45, 2.75) is 6.42 Å². The summed E-state index contributed by atoms with van der Waals surface area (Å²) in [4.78, 5) is 0. The third-order valence-corrected chi connectivity index (χ3v) is 4.01. The normalized spacial score (nSPS) is 10.1. The van der Waals surface area contributed by atoms with Gasteiger partial charge in [-0.05, 0) is 45.9 Å². The van der Waals surface area contributed by atoms with Crippen LogP contribution in [-0.4, -0.2) is 6.54 Å². The molecule has 0 saturated heterocycles. The van der Waals surface area contributed by atoms with E-state index in [9.17, 15) is 0 Å². The molecule has 0 amide bonds. The number of hydrogen-bond donors (Lipinski definition) is 1. The van der Waals surface area contributed by atoms with Gasteiger partial charge in [0.1, 0.15) is 0 Å². The molecule has 1 aromatic carbocycles. The van der Waals surface area contributed by atoms with Gasteiger partial charge in [-0.2, -0.15) is 0 Å². The number of hydrogen-bond acceptors (Lipinski definition) is 2. The van der Waals surface area contributed by atoms with E-state index >= 15 is 0 Å². The zero-order valence-corrected chi connectivity index (χ0v) is 10.7. The number of rotatable bonds is 2. The molecule has 2 aromatic rings. The van der Waals surface area contributed by atoms with Gasteiger partial charge in [0.15, 0.2) is 0 Å². The Labute approximate surface area is 102 Å². The molecule has 2 N–H and O–H groups in total. The zero-order chi connectivity index (χ0) is 9.26. The largest absolute Gasteiger partial charge is 0.330 e. The van der Waals surface area contributed by atoms with Crippen LogP contribution in [0.2, 0.25) is 0 Å². The predicted molar refractivity (Wildman–Crippen MR) is 69.5 cm³/mol. The molecule has 76 valence electrons. The molecule has 0 radical (unpaired) electrons. The van der Waals surface area contributed by atoms with Crippen molar-refractivity contribution in [3.8, 4) is 0 Å². The van der Waals surface area contributed by atoms with Crippen molar-refractivity contribution < 1.29 is 0 Å². The molecule has 0 unspecified atom stereocenters. The molecule has 1 aromatic heterocycles. The van der Waals surface area contributed by atoms with Crippen molar-refractivity contribution in [3.63, 3.8) is 0 Å². The standard InChI is InChI=1S/C10H10BrNS.ClH/c11-10-8(5-6-12)7-3-1-2-4-9(7)13-10;/h1-4H,5-6,12H2;1H. The van der Waals surface area contributed by atoms with Crippen LogP contribution in [0.4, 0.5) is 0 Å². The van der Waals surface area contributed by atoms with Crippen LogP contribution in [0.15, 0.2) is 28.1 Å². The van der Waals surface area contributed by atoms with Crippen LogP contribution in [-0.2, 0) is 6.42 Å². The van der Waals surface area contributed by atoms with E-state index in [1.807, 2.05) is 0 Å². The fourth-order valence-electron chi connectivity index (χ4n) is 1.45. The summed E-state index contributed by atoms with van der Waals surface area (Å²) < 4.78 is 2.55. The van der Waals surface area contributed by atoms with Gasteiger partial charge >= 0.3 is 0 Å². The Morgan fingerprint density at radius 2 is 2.00 bits per heavy atom. The quantitative estimate of drug-likeness (QED) is 0.899. The van der Waals surface area contributed by atoms with Crippen LogP contribution in [0.5, 0.6) is 0 Å². The molecule has 0 fully saturated rings. The minimum absolute atomic E-state index is 0. The van der Waals surface area contributed by atoms with Crippen LogP contribution in [0.3, 0.4) is 0 Å². The van der Waals surface area contributed by atoms with Gasteiger partial charge in [0.25, 0.3) is 0 Å². The minimum atomic E-state index is 0. The second-order valence-corrected chi connectivity index (χ2v) is 5.26. The molecule has 1 heterocycles. The maximum atomic E-state index is 5.56. The van der Waals surface area contributed by atoms with Crippen molar-refractivity contribution in [1.29, 1.82) is 0 Å². The number of benzene rings is 1. The Morgan fingerprint density at radius 1 is 1.29 bits per heavy atom. The lowest BCUT2D eigenvalue weighted by Crippen LogP contribution is -2.02. The first kappa shape index (κ1) is 12.0. The van der Waals surface area contributed by atoms with Crippen molar-refractivity contribution in [1.82, 2.24) is 0 Å². The third-order valence-electron chi connectivity index (χ3n) is 2.04. The first-order chi connectivity index (χ1) is 6.33. The molecule has 2 rings (SSSR count). The first-order valence-electron chi connectivity index (χ1n) is 4.19. The Bertz CT molecular complexity index is 427. The molecule has 0 aliphatic rings. The molecule has 0 atom stereocenters. The molecular formula is C10H11BrClNS. The number of nitrogens with two attached hydrogens (primary N) is 1. The summed E-state index contributed by atoms with van der Waals surface area (Å²) in [6, 6.07) is 8.44. The highest BCUT2D eigenvalue weighted by Crippen LogP contribution is 2.35. The maximum Gasteiger partial charge on any atom is 0.0743 e. The zero-order valence-electron chi connectivity index (χ0n) is 7.50. The Morgan fingerprint density at radius 3 is 2.71 bits per heavy atom. The van der Waals surface area contributed by atoms with Gasteiger partial charge in [-0.15, -0.1) is 23.7 Å². The van der Waals surface area contributed by atoms with Crippen LogP contribution >= 0.6 is 39.7 Å². The third kappa shape index (κ3) is 2.11. The summed E-state index contributed by atoms with van der Waals surface area (Å²) in [6.07, 6.45) is 0.949. The molecule has 14 heavy (non-hydrogen) atoms. The fourth-order valence-corrected chi connectivity index (χ4v) is 3.36. The molecule has 1 nitrogen and oxygen atoms in total. The predicted octanol–water partition coefficient (Wildman–Crippen LogP) is 3.59. The van der Waals surface area contributed by atoms with Crippen molar-refractivity contribution in [2.75, 3.05) is 6.54 Å². The van der Waals surface area contributed by atoms with Gasteiger partial charge in [-0.1, -0.05) is 18.2 Å². The van der Waals surface area contributed by atoms with Crippen LogP contribution in [0.1, 0.15) is 5.56 Å². The second-order valence-electron chi connectivity index (χ2n) is 2.89. The highest BCUT2D eigenvalue weighted by Gasteiger charge is 2.07. The SMILES string of the molecule is Cl.NCCc1c(Br)sc2ccccc12. The van der Waals surface area contributed by atoms with Crippen LogP contribution < -0.4 is 5.73 Å². The second kappa shape index (κ2) is 5.12. The van der Waals surface area contributed by atoms with Gasteiger partial charge in [-0.25, -0.2) is 0 Å². The lowest BCUT2D eigenvalue weighted by molar-refractivity contribution is 0.977. The minimum Gasteiger partial charge on any atom is -0.330 e. The summed E-state index contributed by atoms with van der Waals surface area (Å²) in [6.45, 7) is 0.708. The average Bonchev–Trinajstić information content (AvgIpc) is 2.44. The Kier molecular flexibility index (Phi) is 4.38. The summed E-state index contributed by atoms with van der Waals surface area (Å²) >= 11 is 5.35. The molecular weight excluding hydrogens is 282 g/mol. The van der Waals surface area contributed by atoms with Gasteiger partial charge in [0, 0.05) is 4.70 Å². The van der Waals surface area contributed by atoms with Crippen LogP contribution in [0, 0.1) is 0 Å². The summed E-state index contributed by atoms with van der Waals surface area (Å²) in [5.74, 6) is 0. The van der Waals surface area contributed by atoms with E-state index in [4.69, 9.17) is 5.73 Å². The summed E-state index contributed by atoms with van der Waals surface area (Å²) in [7, 11) is 0. The number of halogens is 2. The monoisotopic (exact) mass is 291 g/mol. The maximum absolute atomic E-state index is 5.56. The van der Waals surface area contributed by atoms with Gasteiger partial charge in [0.05, 0.1) is 3.79 Å². The summed E-state index contributed by atoms with van der Waals surface area (Å²) in [5, 5.41) is 1.34. The van der Waals surface area contributed by atoms with E-state index in [1.165, 1.54) is 19.4 Å². The first-order valence-corrected chi connectivity index (χ1v) is 5.80. The van der Waals surface area contributed by atoms with E-state index in [-0.39, 0.29) is 12.4 Å². The van der Waals surface area contributed by atoms with E-state index in [0.717, 1.165) is 6.42 Å². The molecule has 4 heteroatoms. The fraction of sp³-hybridized carbons (Fsp3) is 0.200. The molecule has 0 bridgehead atoms. The van der Waals surface area contributed by atoms with E-state index in [2.05, 4.69) is 40.2 Å². The lowest BCUT2D eigenvalue weighted by atomic mass is 10.1. The molecule has 0 aliphatic heterocycles. The Hall–Kier alpha value is -0.0900. The van der Waals surface area contributed by atoms with Crippen molar-refractivity contribution in [2.24, 2.45) is 5.73 Å². The van der Waals surface area contributed by atoms with E-state index < -0.39 is 0 Å². The van der Waals surface area contributed by atoms with Gasteiger partial charge in [-0.3, -0.25) is 0 Å². The van der Waals surface area contributed by atoms with Crippen molar-refractivity contribution >= 4 is 49.8 Å². The smallest absolute Gasteiger partial charge is 0.0743 e. The molecule has 0 spiro atoms. The summed E-state index contributed by atoms with van der Waals surface area (Å²) in [5.41, 5.74) is 6.91. The van der Waals surface area contributed by atoms with E-state index in [1.54, 1.807) is 11.3 Å². The van der Waals surface area contributed by atoms with E-state index in [0.29, 0.717) is 6.54 Å². The van der Waals surface area contributed by atoms with Gasteiger partial charge < -0.3 is 5.73 Å². The topological polar surface area (TPSA) is 26.0 Å². The Balaban J connectivity index is 0.000000980. The number of fused-ring (bicyclic) bond motifs is 1. The average molecular weight is 293 g/mol. The molecule has 0 aliphatic carbocycles. The van der Waals surface area contributed by atoms with Crippen molar-refractivity contribution in [3.05, 3.63) is 33.6 Å². The highest BCUT2D eigenvalue weighted by molar-refractivity contribution is 9.11. The van der Waals surface area contributed by atoms with Crippen LogP contribution in [0.25, 0.3) is 10.1 Å². The van der Waals surface area contributed by atoms with Gasteiger partial charge in [0.2, 0.25) is 0 Å². The molecule has 0 saturated carbocycles. The highest BCUT2D eigenvalue weighted by atomic mass is 79.9. The number of thiophene rings is 1. The lowest BCUT2D eigenvalue weighted by Gasteiger charge is -1.96.